The van der Waals surface area contributed by atoms with E-state index in [1.54, 1.807) is 18.2 Å². The summed E-state index contributed by atoms with van der Waals surface area (Å²) in [7, 11) is 0. The van der Waals surface area contributed by atoms with Crippen molar-refractivity contribution in [3.8, 4) is 11.1 Å². The van der Waals surface area contributed by atoms with Gasteiger partial charge in [-0.1, -0.05) is 54.6 Å². The van der Waals surface area contributed by atoms with Crippen molar-refractivity contribution in [2.45, 2.75) is 0 Å². The second-order valence-electron chi connectivity index (χ2n) is 5.43. The van der Waals surface area contributed by atoms with Gasteiger partial charge in [0.1, 0.15) is 0 Å². The third-order valence-corrected chi connectivity index (χ3v) is 4.15. The molecule has 0 N–H and O–H groups in total. The van der Waals surface area contributed by atoms with E-state index >= 15 is 0 Å². The van der Waals surface area contributed by atoms with Gasteiger partial charge >= 0.3 is 5.97 Å². The average molecular weight is 394 g/mol. The summed E-state index contributed by atoms with van der Waals surface area (Å²) in [5, 5.41) is 0. The van der Waals surface area contributed by atoms with Gasteiger partial charge in [0.2, 0.25) is 0 Å². The molecule has 4 nitrogen and oxygen atoms in total. The van der Waals surface area contributed by atoms with Gasteiger partial charge in [-0.05, 0) is 50.8 Å². The van der Waals surface area contributed by atoms with Crippen LogP contribution in [0.2, 0.25) is 0 Å². The average Bonchev–Trinajstić information content (AvgIpc) is 3.23. The first-order valence-electron chi connectivity index (χ1n) is 7.63. The number of benzene rings is 2. The monoisotopic (exact) mass is 393 g/mol. The number of carbonyl (C=O) groups is 1. The molecule has 1 aromatic heterocycles. The van der Waals surface area contributed by atoms with Crippen LogP contribution in [0.1, 0.15) is 11.3 Å². The van der Waals surface area contributed by atoms with Gasteiger partial charge in [0.25, 0.3) is 5.90 Å². The van der Waals surface area contributed by atoms with Gasteiger partial charge < -0.3 is 9.15 Å². The number of cyclic esters (lactones) is 1. The van der Waals surface area contributed by atoms with Crippen LogP contribution in [0.4, 0.5) is 0 Å². The van der Waals surface area contributed by atoms with Crippen LogP contribution in [0.3, 0.4) is 0 Å². The van der Waals surface area contributed by atoms with Crippen molar-refractivity contribution < 1.29 is 13.9 Å². The summed E-state index contributed by atoms with van der Waals surface area (Å²) < 4.78 is 11.1. The molecule has 3 aromatic rings. The zero-order valence-electron chi connectivity index (χ0n) is 13.0. The second-order valence-corrected chi connectivity index (χ2v) is 6.21. The van der Waals surface area contributed by atoms with Crippen molar-refractivity contribution in [3.05, 3.63) is 88.4 Å². The maximum absolute atomic E-state index is 12.0. The first kappa shape index (κ1) is 15.6. The number of carbonyl (C=O) groups excluding carboxylic acids is 1. The van der Waals surface area contributed by atoms with Crippen molar-refractivity contribution in [1.82, 2.24) is 0 Å². The van der Waals surface area contributed by atoms with Crippen LogP contribution in [-0.4, -0.2) is 11.9 Å². The van der Waals surface area contributed by atoms with Gasteiger partial charge in [0.15, 0.2) is 16.1 Å². The Morgan fingerprint density at radius 2 is 1.60 bits per heavy atom. The Labute approximate surface area is 152 Å². The number of furan rings is 1. The fourth-order valence-corrected chi connectivity index (χ4v) is 2.81. The first-order chi connectivity index (χ1) is 12.2. The molecule has 0 amide bonds. The normalized spacial score (nSPS) is 15.3. The molecule has 1 aliphatic heterocycles. The first-order valence-corrected chi connectivity index (χ1v) is 8.42. The highest BCUT2D eigenvalue weighted by Gasteiger charge is 2.26. The molecule has 2 aromatic carbocycles. The summed E-state index contributed by atoms with van der Waals surface area (Å²) in [4.78, 5) is 16.2. The molecule has 0 radical (unpaired) electrons. The standard InChI is InChI=1S/C20H12BrNO3/c21-18-11-10-17(24-18)19-22-16(20(23)25-19)12-13-6-8-15(9-7-13)14-4-2-1-3-5-14/h1-12H/b16-12-. The molecule has 0 bridgehead atoms. The number of aliphatic imine (C=N–C) groups is 1. The van der Waals surface area contributed by atoms with Crippen molar-refractivity contribution in [2.75, 3.05) is 0 Å². The number of halogens is 1. The molecule has 2 heterocycles. The minimum Gasteiger partial charge on any atom is -0.444 e. The predicted octanol–water partition coefficient (Wildman–Crippen LogP) is 5.05. The number of hydrogen-bond acceptors (Lipinski definition) is 4. The number of nitrogens with zero attached hydrogens (tertiary/aromatic N) is 1. The highest BCUT2D eigenvalue weighted by molar-refractivity contribution is 9.10. The van der Waals surface area contributed by atoms with Gasteiger partial charge in [0.05, 0.1) is 0 Å². The van der Waals surface area contributed by atoms with Crippen molar-refractivity contribution >= 4 is 33.9 Å². The predicted molar refractivity (Wildman–Crippen MR) is 98.9 cm³/mol. The molecular formula is C20H12BrNO3. The fourth-order valence-electron chi connectivity index (χ4n) is 2.50. The smallest absolute Gasteiger partial charge is 0.363 e. The molecule has 122 valence electrons. The third kappa shape index (κ3) is 3.32. The summed E-state index contributed by atoms with van der Waals surface area (Å²) in [6.45, 7) is 0. The van der Waals surface area contributed by atoms with E-state index in [2.05, 4.69) is 33.1 Å². The lowest BCUT2D eigenvalue weighted by atomic mass is 10.0. The molecule has 0 saturated heterocycles. The molecule has 5 heteroatoms. The van der Waals surface area contributed by atoms with Gasteiger partial charge in [-0.25, -0.2) is 9.79 Å². The molecule has 0 spiro atoms. The Hall–Kier alpha value is -2.92. The highest BCUT2D eigenvalue weighted by atomic mass is 79.9. The van der Waals surface area contributed by atoms with Crippen LogP contribution in [0.15, 0.2) is 86.5 Å². The zero-order chi connectivity index (χ0) is 17.2. The summed E-state index contributed by atoms with van der Waals surface area (Å²) >= 11 is 3.21. The number of rotatable bonds is 3. The van der Waals surface area contributed by atoms with Crippen LogP contribution in [0.25, 0.3) is 17.2 Å². The Bertz CT molecular complexity index is 985. The second kappa shape index (κ2) is 6.53. The summed E-state index contributed by atoms with van der Waals surface area (Å²) in [5.41, 5.74) is 3.37. The van der Waals surface area contributed by atoms with E-state index in [9.17, 15) is 4.79 Å². The Kier molecular flexibility index (Phi) is 4.07. The highest BCUT2D eigenvalue weighted by Crippen LogP contribution is 2.24. The Balaban J connectivity index is 1.60. The van der Waals surface area contributed by atoms with Crippen LogP contribution in [0.5, 0.6) is 0 Å². The minimum atomic E-state index is -0.491. The van der Waals surface area contributed by atoms with Crippen LogP contribution in [-0.2, 0) is 9.53 Å². The molecule has 25 heavy (non-hydrogen) atoms. The van der Waals surface area contributed by atoms with Crippen LogP contribution in [0, 0.1) is 0 Å². The maximum atomic E-state index is 12.0. The van der Waals surface area contributed by atoms with E-state index in [-0.39, 0.29) is 11.6 Å². The Morgan fingerprint density at radius 1 is 0.880 bits per heavy atom. The lowest BCUT2D eigenvalue weighted by molar-refractivity contribution is -0.130. The van der Waals surface area contributed by atoms with Crippen molar-refractivity contribution in [1.29, 1.82) is 0 Å². The van der Waals surface area contributed by atoms with Crippen molar-refractivity contribution in [3.63, 3.8) is 0 Å². The Morgan fingerprint density at radius 3 is 2.28 bits per heavy atom. The number of esters is 1. The van der Waals surface area contributed by atoms with Gasteiger partial charge in [-0.15, -0.1) is 0 Å². The molecule has 0 saturated carbocycles. The molecule has 0 aliphatic carbocycles. The largest absolute Gasteiger partial charge is 0.444 e. The molecular weight excluding hydrogens is 382 g/mol. The lowest BCUT2D eigenvalue weighted by Crippen LogP contribution is -2.04. The van der Waals surface area contributed by atoms with Gasteiger partial charge in [-0.2, -0.15) is 0 Å². The quantitative estimate of drug-likeness (QED) is 0.461. The maximum Gasteiger partial charge on any atom is 0.363 e. The molecule has 4 rings (SSSR count). The van der Waals surface area contributed by atoms with Crippen LogP contribution >= 0.6 is 15.9 Å². The number of ether oxygens (including phenoxy) is 1. The molecule has 0 fully saturated rings. The van der Waals surface area contributed by atoms with Crippen LogP contribution < -0.4 is 0 Å². The minimum absolute atomic E-state index is 0.169. The lowest BCUT2D eigenvalue weighted by Gasteiger charge is -2.01. The van der Waals surface area contributed by atoms with E-state index < -0.39 is 5.97 Å². The third-order valence-electron chi connectivity index (χ3n) is 3.73. The van der Waals surface area contributed by atoms with E-state index in [1.165, 1.54) is 0 Å². The summed E-state index contributed by atoms with van der Waals surface area (Å²) in [5.74, 6) is 0.0839. The zero-order valence-corrected chi connectivity index (χ0v) is 14.6. The fraction of sp³-hybridized carbons (Fsp3) is 0. The topological polar surface area (TPSA) is 51.8 Å². The van der Waals surface area contributed by atoms with Gasteiger partial charge in [-0.3, -0.25) is 0 Å². The van der Waals surface area contributed by atoms with E-state index in [0.717, 1.165) is 16.7 Å². The summed E-state index contributed by atoms with van der Waals surface area (Å²) in [6, 6.07) is 21.4. The van der Waals surface area contributed by atoms with E-state index in [4.69, 9.17) is 9.15 Å². The SMILES string of the molecule is O=C1OC(c2ccc(Br)o2)=N/C1=C\c1ccc(-c2ccccc2)cc1. The summed E-state index contributed by atoms with van der Waals surface area (Å²) in [6.07, 6.45) is 1.70. The molecule has 0 unspecified atom stereocenters. The number of hydrogen-bond donors (Lipinski definition) is 0. The molecule has 0 atom stereocenters. The molecule has 1 aliphatic rings. The van der Waals surface area contributed by atoms with Crippen molar-refractivity contribution in [2.24, 2.45) is 4.99 Å². The van der Waals surface area contributed by atoms with Gasteiger partial charge in [0, 0.05) is 0 Å². The van der Waals surface area contributed by atoms with E-state index in [0.29, 0.717) is 10.4 Å². The van der Waals surface area contributed by atoms with E-state index in [1.807, 2.05) is 42.5 Å².